The van der Waals surface area contributed by atoms with Crippen LogP contribution in [0.1, 0.15) is 0 Å². The molecule has 0 unspecified atom stereocenters. The highest BCUT2D eigenvalue weighted by atomic mass is 19.1. The molecular formula is C17H16FN5O. The molecule has 3 aromatic rings. The number of pyridine rings is 1. The van der Waals surface area contributed by atoms with Crippen LogP contribution >= 0.6 is 0 Å². The first-order valence-corrected chi connectivity index (χ1v) is 7.46. The second-order valence-electron chi connectivity index (χ2n) is 5.07. The summed E-state index contributed by atoms with van der Waals surface area (Å²) in [7, 11) is 0. The van der Waals surface area contributed by atoms with Gasteiger partial charge in [-0.3, -0.25) is 9.67 Å². The third-order valence-corrected chi connectivity index (χ3v) is 3.30. The van der Waals surface area contributed by atoms with Gasteiger partial charge in [0.05, 0.1) is 12.2 Å². The maximum atomic E-state index is 12.8. The molecule has 0 atom stereocenters. The van der Waals surface area contributed by atoms with Gasteiger partial charge in [0.15, 0.2) is 0 Å². The van der Waals surface area contributed by atoms with Gasteiger partial charge in [-0.15, -0.1) is 0 Å². The van der Waals surface area contributed by atoms with Crippen LogP contribution < -0.4 is 10.6 Å². The molecule has 2 aromatic heterocycles. The molecule has 7 heteroatoms. The van der Waals surface area contributed by atoms with E-state index in [1.807, 2.05) is 30.5 Å². The molecular weight excluding hydrogens is 309 g/mol. The van der Waals surface area contributed by atoms with E-state index in [2.05, 4.69) is 20.7 Å². The molecule has 0 aliphatic carbocycles. The van der Waals surface area contributed by atoms with Crippen molar-refractivity contribution < 1.29 is 9.18 Å². The van der Waals surface area contributed by atoms with E-state index in [4.69, 9.17) is 0 Å². The average molecular weight is 325 g/mol. The zero-order valence-electron chi connectivity index (χ0n) is 12.8. The van der Waals surface area contributed by atoms with Crippen LogP contribution in [-0.2, 0) is 6.54 Å². The Bertz CT molecular complexity index is 801. The monoisotopic (exact) mass is 325 g/mol. The summed E-state index contributed by atoms with van der Waals surface area (Å²) in [6, 6.07) is 12.8. The summed E-state index contributed by atoms with van der Waals surface area (Å²) < 4.78 is 14.5. The number of urea groups is 1. The number of carbonyl (C=O) groups excluding carboxylic acids is 1. The molecule has 2 N–H and O–H groups in total. The van der Waals surface area contributed by atoms with Crippen LogP contribution in [0.5, 0.6) is 0 Å². The molecule has 2 amide bonds. The summed E-state index contributed by atoms with van der Waals surface area (Å²) in [5.41, 5.74) is 2.12. The third kappa shape index (κ3) is 4.16. The Kier molecular flexibility index (Phi) is 4.81. The van der Waals surface area contributed by atoms with Crippen molar-refractivity contribution in [1.29, 1.82) is 0 Å². The van der Waals surface area contributed by atoms with E-state index >= 15 is 0 Å². The number of carbonyl (C=O) groups is 1. The number of rotatable bonds is 5. The molecule has 3 rings (SSSR count). The van der Waals surface area contributed by atoms with Crippen molar-refractivity contribution in [2.75, 3.05) is 11.9 Å². The molecule has 0 bridgehead atoms. The van der Waals surface area contributed by atoms with E-state index in [9.17, 15) is 9.18 Å². The van der Waals surface area contributed by atoms with Gasteiger partial charge in [0.2, 0.25) is 0 Å². The van der Waals surface area contributed by atoms with Gasteiger partial charge in [-0.05, 0) is 42.5 Å². The van der Waals surface area contributed by atoms with Gasteiger partial charge >= 0.3 is 6.03 Å². The number of aromatic nitrogens is 3. The lowest BCUT2D eigenvalue weighted by atomic mass is 10.3. The predicted molar refractivity (Wildman–Crippen MR) is 88.9 cm³/mol. The molecule has 0 radical (unpaired) electrons. The molecule has 122 valence electrons. The maximum absolute atomic E-state index is 12.8. The fourth-order valence-corrected chi connectivity index (χ4v) is 2.13. The Morgan fingerprint density at radius 3 is 2.67 bits per heavy atom. The maximum Gasteiger partial charge on any atom is 0.319 e. The average Bonchev–Trinajstić information content (AvgIpc) is 3.07. The number of nitrogens with zero attached hydrogens (tertiary/aromatic N) is 3. The van der Waals surface area contributed by atoms with E-state index < -0.39 is 0 Å². The largest absolute Gasteiger partial charge is 0.336 e. The number of hydrogen-bond acceptors (Lipinski definition) is 3. The molecule has 1 aromatic carbocycles. The van der Waals surface area contributed by atoms with Crippen molar-refractivity contribution in [3.8, 4) is 11.4 Å². The van der Waals surface area contributed by atoms with Crippen molar-refractivity contribution >= 4 is 11.7 Å². The smallest absolute Gasteiger partial charge is 0.319 e. The van der Waals surface area contributed by atoms with Crippen LogP contribution in [-0.4, -0.2) is 27.3 Å². The number of hydrogen-bond donors (Lipinski definition) is 2. The van der Waals surface area contributed by atoms with Gasteiger partial charge in [0.25, 0.3) is 0 Å². The molecule has 0 fully saturated rings. The number of benzene rings is 1. The number of amides is 2. The quantitative estimate of drug-likeness (QED) is 0.757. The first-order valence-electron chi connectivity index (χ1n) is 7.46. The van der Waals surface area contributed by atoms with Crippen LogP contribution in [0.3, 0.4) is 0 Å². The second kappa shape index (κ2) is 7.36. The molecule has 0 spiro atoms. The Labute approximate surface area is 138 Å². The highest BCUT2D eigenvalue weighted by molar-refractivity contribution is 5.89. The predicted octanol–water partition coefficient (Wildman–Crippen LogP) is 2.91. The Hall–Kier alpha value is -3.22. The minimum absolute atomic E-state index is 0.344. The van der Waals surface area contributed by atoms with Crippen LogP contribution in [0.2, 0.25) is 0 Å². The summed E-state index contributed by atoms with van der Waals surface area (Å²) in [6.07, 6.45) is 3.55. The Balaban J connectivity index is 1.47. The van der Waals surface area contributed by atoms with Crippen LogP contribution in [0.25, 0.3) is 11.4 Å². The number of anilines is 1. The lowest BCUT2D eigenvalue weighted by Crippen LogP contribution is -2.31. The lowest BCUT2D eigenvalue weighted by Gasteiger charge is -2.07. The molecule has 2 heterocycles. The highest BCUT2D eigenvalue weighted by Gasteiger charge is 2.04. The zero-order valence-corrected chi connectivity index (χ0v) is 12.8. The highest BCUT2D eigenvalue weighted by Crippen LogP contribution is 2.12. The fraction of sp³-hybridized carbons (Fsp3) is 0.118. The Morgan fingerprint density at radius 1 is 1.08 bits per heavy atom. The van der Waals surface area contributed by atoms with E-state index in [1.165, 1.54) is 24.3 Å². The van der Waals surface area contributed by atoms with Crippen molar-refractivity contribution in [1.82, 2.24) is 20.1 Å². The second-order valence-corrected chi connectivity index (χ2v) is 5.07. The van der Waals surface area contributed by atoms with Crippen molar-refractivity contribution in [2.45, 2.75) is 6.54 Å². The summed E-state index contributed by atoms with van der Waals surface area (Å²) in [4.78, 5) is 16.0. The molecule has 24 heavy (non-hydrogen) atoms. The van der Waals surface area contributed by atoms with Gasteiger partial charge in [0, 0.05) is 24.6 Å². The molecule has 0 saturated heterocycles. The minimum Gasteiger partial charge on any atom is -0.336 e. The standard InChI is InChI=1S/C17H16FN5O/c18-13-4-6-14(7-5-13)21-17(24)20-10-12-23-11-8-16(22-23)15-3-1-2-9-19-15/h1-9,11H,10,12H2,(H2,20,21,24). The fourth-order valence-electron chi connectivity index (χ4n) is 2.13. The summed E-state index contributed by atoms with van der Waals surface area (Å²) in [5.74, 6) is -0.344. The molecule has 6 nitrogen and oxygen atoms in total. The summed E-state index contributed by atoms with van der Waals surface area (Å²) in [5, 5.41) is 9.76. The zero-order chi connectivity index (χ0) is 16.8. The Morgan fingerprint density at radius 2 is 1.92 bits per heavy atom. The molecule has 0 saturated carbocycles. The minimum atomic E-state index is -0.348. The van der Waals surface area contributed by atoms with Gasteiger partial charge < -0.3 is 10.6 Å². The van der Waals surface area contributed by atoms with Crippen molar-refractivity contribution in [3.05, 3.63) is 66.7 Å². The first-order chi connectivity index (χ1) is 11.7. The van der Waals surface area contributed by atoms with E-state index in [1.54, 1.807) is 10.9 Å². The van der Waals surface area contributed by atoms with Crippen molar-refractivity contribution in [3.63, 3.8) is 0 Å². The van der Waals surface area contributed by atoms with Gasteiger partial charge in [-0.2, -0.15) is 5.10 Å². The van der Waals surface area contributed by atoms with Crippen LogP contribution in [0.15, 0.2) is 60.9 Å². The van der Waals surface area contributed by atoms with Crippen molar-refractivity contribution in [2.24, 2.45) is 0 Å². The van der Waals surface area contributed by atoms with Crippen LogP contribution in [0.4, 0.5) is 14.9 Å². The topological polar surface area (TPSA) is 71.8 Å². The SMILES string of the molecule is O=C(NCCn1ccc(-c2ccccn2)n1)Nc1ccc(F)cc1. The third-order valence-electron chi connectivity index (χ3n) is 3.30. The molecule has 0 aliphatic heterocycles. The summed E-state index contributed by atoms with van der Waals surface area (Å²) >= 11 is 0. The van der Waals surface area contributed by atoms with E-state index in [0.29, 0.717) is 18.8 Å². The lowest BCUT2D eigenvalue weighted by molar-refractivity contribution is 0.251. The van der Waals surface area contributed by atoms with Crippen LogP contribution in [0, 0.1) is 5.82 Å². The van der Waals surface area contributed by atoms with Gasteiger partial charge in [-0.25, -0.2) is 9.18 Å². The first kappa shape index (κ1) is 15.7. The van der Waals surface area contributed by atoms with E-state index in [0.717, 1.165) is 11.4 Å². The summed E-state index contributed by atoms with van der Waals surface area (Å²) in [6.45, 7) is 0.944. The number of nitrogens with one attached hydrogen (secondary N) is 2. The van der Waals surface area contributed by atoms with E-state index in [-0.39, 0.29) is 11.8 Å². The van der Waals surface area contributed by atoms with Gasteiger partial charge in [0.1, 0.15) is 11.5 Å². The normalized spacial score (nSPS) is 10.4. The van der Waals surface area contributed by atoms with Gasteiger partial charge in [-0.1, -0.05) is 6.07 Å². The molecule has 0 aliphatic rings. The number of halogens is 1.